The molecule has 158 valence electrons. The third kappa shape index (κ3) is 8.20. The van der Waals surface area contributed by atoms with Crippen LogP contribution in [0.1, 0.15) is 42.0 Å². The van der Waals surface area contributed by atoms with Crippen LogP contribution in [0.3, 0.4) is 0 Å². The molecule has 0 unspecified atom stereocenters. The number of aromatic nitrogens is 1. The first kappa shape index (κ1) is 26.4. The van der Waals surface area contributed by atoms with Crippen LogP contribution in [0.4, 0.5) is 0 Å². The Morgan fingerprint density at radius 3 is 2.61 bits per heavy atom. The summed E-state index contributed by atoms with van der Waals surface area (Å²) in [5.41, 5.74) is 0.554. The minimum absolute atomic E-state index is 0. The number of rotatable bonds is 11. The molecule has 0 saturated heterocycles. The summed E-state index contributed by atoms with van der Waals surface area (Å²) in [6.45, 7) is 10.2. The standard InChI is InChI=1S/C19H25NO4S2.2CH4/c1-5-19(3,4)17(21)23-11-10-22-13-24-14(2)12-25-18-20-15-8-6-7-9-16(15)26-18;;/h6-9H,2,5,10-13H2,1,3-4H3;2*1H4. The van der Waals surface area contributed by atoms with Gasteiger partial charge in [0.25, 0.3) is 0 Å². The van der Waals surface area contributed by atoms with Gasteiger partial charge in [-0.1, -0.05) is 52.3 Å². The SMILES string of the molecule is C.C.C=C(CSc1nc2ccccc2s1)OCOCCOC(=O)C(C)(C)CC. The van der Waals surface area contributed by atoms with E-state index in [0.29, 0.717) is 18.1 Å². The Kier molecular flexibility index (Phi) is 12.1. The third-order valence-electron chi connectivity index (χ3n) is 3.87. The number of thiazole rings is 1. The van der Waals surface area contributed by atoms with Crippen molar-refractivity contribution in [2.24, 2.45) is 5.41 Å². The Morgan fingerprint density at radius 2 is 1.93 bits per heavy atom. The van der Waals surface area contributed by atoms with Crippen LogP contribution in [-0.4, -0.2) is 36.7 Å². The summed E-state index contributed by atoms with van der Waals surface area (Å²) < 4.78 is 18.1. The Hall–Kier alpha value is -1.57. The largest absolute Gasteiger partial charge is 0.472 e. The average Bonchev–Trinajstić information content (AvgIpc) is 3.05. The fraction of sp³-hybridized carbons (Fsp3) is 0.524. The van der Waals surface area contributed by atoms with Gasteiger partial charge in [0.15, 0.2) is 11.1 Å². The number of thioether (sulfide) groups is 1. The van der Waals surface area contributed by atoms with Gasteiger partial charge in [-0.15, -0.1) is 11.3 Å². The van der Waals surface area contributed by atoms with E-state index in [4.69, 9.17) is 14.2 Å². The minimum atomic E-state index is -0.456. The second-order valence-electron chi connectivity index (χ2n) is 6.32. The molecule has 0 fully saturated rings. The molecule has 2 aromatic rings. The number of hydrogen-bond acceptors (Lipinski definition) is 7. The Morgan fingerprint density at radius 1 is 1.21 bits per heavy atom. The predicted molar refractivity (Wildman–Crippen MR) is 120 cm³/mol. The van der Waals surface area contributed by atoms with Crippen LogP contribution in [0.5, 0.6) is 0 Å². The van der Waals surface area contributed by atoms with Crippen molar-refractivity contribution in [2.75, 3.05) is 25.8 Å². The van der Waals surface area contributed by atoms with Crippen molar-refractivity contribution in [2.45, 2.75) is 46.4 Å². The first-order valence-corrected chi connectivity index (χ1v) is 10.3. The van der Waals surface area contributed by atoms with Crippen molar-refractivity contribution in [3.63, 3.8) is 0 Å². The molecule has 0 aliphatic carbocycles. The quantitative estimate of drug-likeness (QED) is 0.141. The molecule has 0 atom stereocenters. The zero-order valence-electron chi connectivity index (χ0n) is 15.4. The minimum Gasteiger partial charge on any atom is -0.472 e. The molecule has 1 heterocycles. The van der Waals surface area contributed by atoms with E-state index in [0.717, 1.165) is 16.3 Å². The second kappa shape index (κ2) is 12.8. The number of carbonyl (C=O) groups excluding carboxylic acids is 1. The van der Waals surface area contributed by atoms with Crippen molar-refractivity contribution >= 4 is 39.3 Å². The van der Waals surface area contributed by atoms with Crippen LogP contribution in [0, 0.1) is 5.41 Å². The number of para-hydroxylation sites is 1. The molecule has 0 aliphatic rings. The summed E-state index contributed by atoms with van der Waals surface area (Å²) in [7, 11) is 0. The molecule has 0 spiro atoms. The molecular weight excluding hydrogens is 394 g/mol. The fourth-order valence-electron chi connectivity index (χ4n) is 1.81. The van der Waals surface area contributed by atoms with Gasteiger partial charge >= 0.3 is 5.97 Å². The molecule has 2 rings (SSSR count). The average molecular weight is 428 g/mol. The summed E-state index contributed by atoms with van der Waals surface area (Å²) >= 11 is 3.25. The number of fused-ring (bicyclic) bond motifs is 1. The van der Waals surface area contributed by atoms with E-state index in [1.807, 2.05) is 39.0 Å². The monoisotopic (exact) mass is 427 g/mol. The van der Waals surface area contributed by atoms with E-state index in [-0.39, 0.29) is 34.2 Å². The number of esters is 1. The molecule has 7 heteroatoms. The Balaban J connectivity index is 0.00000364. The van der Waals surface area contributed by atoms with Crippen molar-refractivity contribution in [3.8, 4) is 0 Å². The van der Waals surface area contributed by atoms with Gasteiger partial charge in [-0.3, -0.25) is 4.79 Å². The first-order valence-electron chi connectivity index (χ1n) is 8.46. The molecule has 5 nitrogen and oxygen atoms in total. The lowest BCUT2D eigenvalue weighted by Gasteiger charge is -2.20. The lowest BCUT2D eigenvalue weighted by Crippen LogP contribution is -2.27. The highest BCUT2D eigenvalue weighted by atomic mass is 32.2. The summed E-state index contributed by atoms with van der Waals surface area (Å²) in [6, 6.07) is 8.05. The van der Waals surface area contributed by atoms with Crippen LogP contribution in [0.2, 0.25) is 0 Å². The zero-order chi connectivity index (χ0) is 19.0. The molecule has 1 aromatic heterocycles. The van der Waals surface area contributed by atoms with Crippen LogP contribution in [0.25, 0.3) is 10.2 Å². The topological polar surface area (TPSA) is 57.6 Å². The van der Waals surface area contributed by atoms with Crippen molar-refractivity contribution in [3.05, 3.63) is 36.6 Å². The highest BCUT2D eigenvalue weighted by Gasteiger charge is 2.26. The lowest BCUT2D eigenvalue weighted by atomic mass is 9.91. The van der Waals surface area contributed by atoms with Crippen molar-refractivity contribution in [1.29, 1.82) is 0 Å². The van der Waals surface area contributed by atoms with E-state index in [9.17, 15) is 4.79 Å². The van der Waals surface area contributed by atoms with E-state index < -0.39 is 5.41 Å². The third-order valence-corrected chi connectivity index (χ3v) is 6.11. The van der Waals surface area contributed by atoms with E-state index in [1.165, 1.54) is 4.70 Å². The Labute approximate surface area is 177 Å². The lowest BCUT2D eigenvalue weighted by molar-refractivity contribution is -0.156. The summed E-state index contributed by atoms with van der Waals surface area (Å²) in [5.74, 6) is 1.03. The van der Waals surface area contributed by atoms with E-state index >= 15 is 0 Å². The smallest absolute Gasteiger partial charge is 0.311 e. The van der Waals surface area contributed by atoms with Crippen molar-refractivity contribution < 1.29 is 19.0 Å². The molecule has 28 heavy (non-hydrogen) atoms. The summed E-state index contributed by atoms with van der Waals surface area (Å²) in [6.07, 6.45) is 0.738. The summed E-state index contributed by atoms with van der Waals surface area (Å²) in [5, 5.41) is 0. The summed E-state index contributed by atoms with van der Waals surface area (Å²) in [4.78, 5) is 16.3. The molecule has 0 radical (unpaired) electrons. The van der Waals surface area contributed by atoms with Gasteiger partial charge in [-0.05, 0) is 32.4 Å². The molecule has 0 saturated carbocycles. The van der Waals surface area contributed by atoms with Gasteiger partial charge in [0, 0.05) is 0 Å². The molecule has 1 aromatic carbocycles. The number of hydrogen-bond donors (Lipinski definition) is 0. The van der Waals surface area contributed by atoms with E-state index in [1.54, 1.807) is 23.1 Å². The van der Waals surface area contributed by atoms with Gasteiger partial charge < -0.3 is 14.2 Å². The second-order valence-corrected chi connectivity index (χ2v) is 8.57. The van der Waals surface area contributed by atoms with Gasteiger partial charge in [0.2, 0.25) is 0 Å². The van der Waals surface area contributed by atoms with Gasteiger partial charge in [-0.2, -0.15) is 0 Å². The fourth-order valence-corrected chi connectivity index (χ4v) is 3.72. The van der Waals surface area contributed by atoms with Gasteiger partial charge in [0.05, 0.1) is 28.0 Å². The molecular formula is C21H33NO4S2. The molecule has 0 amide bonds. The highest BCUT2D eigenvalue weighted by molar-refractivity contribution is 8.01. The van der Waals surface area contributed by atoms with Crippen LogP contribution in [-0.2, 0) is 19.0 Å². The molecule has 0 N–H and O–H groups in total. The maximum absolute atomic E-state index is 11.8. The number of benzene rings is 1. The maximum atomic E-state index is 11.8. The van der Waals surface area contributed by atoms with E-state index in [2.05, 4.69) is 17.6 Å². The normalized spacial score (nSPS) is 10.7. The number of carbonyl (C=O) groups is 1. The Bertz CT molecular complexity index is 710. The highest BCUT2D eigenvalue weighted by Crippen LogP contribution is 2.30. The number of ether oxygens (including phenoxy) is 3. The predicted octanol–water partition coefficient (Wildman–Crippen LogP) is 6.14. The number of nitrogens with zero attached hydrogens (tertiary/aromatic N) is 1. The van der Waals surface area contributed by atoms with Crippen molar-refractivity contribution in [1.82, 2.24) is 4.98 Å². The molecule has 0 aliphatic heterocycles. The maximum Gasteiger partial charge on any atom is 0.311 e. The van der Waals surface area contributed by atoms with Crippen LogP contribution >= 0.6 is 23.1 Å². The van der Waals surface area contributed by atoms with Crippen LogP contribution in [0.15, 0.2) is 40.9 Å². The van der Waals surface area contributed by atoms with Gasteiger partial charge in [0.1, 0.15) is 12.4 Å². The van der Waals surface area contributed by atoms with Crippen LogP contribution < -0.4 is 0 Å². The van der Waals surface area contributed by atoms with Gasteiger partial charge in [-0.25, -0.2) is 4.98 Å². The molecule has 0 bridgehead atoms. The zero-order valence-corrected chi connectivity index (χ0v) is 17.1. The first-order chi connectivity index (χ1) is 12.4.